The average molecular weight is 933 g/mol. The smallest absolute Gasteiger partial charge is 0.407 e. The van der Waals surface area contributed by atoms with E-state index in [1.54, 1.807) is 0 Å². The van der Waals surface area contributed by atoms with Crippen molar-refractivity contribution < 1.29 is 29.0 Å². The lowest BCUT2D eigenvalue weighted by molar-refractivity contribution is -0.145. The van der Waals surface area contributed by atoms with Gasteiger partial charge < -0.3 is 34.8 Å². The fourth-order valence-corrected chi connectivity index (χ4v) is 11.4. The number of likely N-dealkylation sites (tertiary alicyclic amines) is 2. The minimum absolute atomic E-state index is 0.0398. The van der Waals surface area contributed by atoms with Gasteiger partial charge in [0.2, 0.25) is 12.3 Å². The molecule has 0 spiro atoms. The number of imidazole rings is 2. The third-order valence-corrected chi connectivity index (χ3v) is 15.7. The van der Waals surface area contributed by atoms with E-state index in [0.717, 1.165) is 104 Å². The van der Waals surface area contributed by atoms with E-state index >= 15 is 0 Å². The van der Waals surface area contributed by atoms with Crippen LogP contribution in [0.25, 0.3) is 22.1 Å². The van der Waals surface area contributed by atoms with Crippen molar-refractivity contribution in [1.82, 2.24) is 40.4 Å². The Balaban J connectivity index is 1.07. The highest BCUT2D eigenvalue weighted by Crippen LogP contribution is 2.46. The molecular weight excluding hydrogens is 857 g/mol. The standard InChI is InChI=1S/C54H76N8O6/c1-9-15-34(35-20-21-35)16-13-28-61-44(36-22-24-40-42(30-36)57-49(55-40)39-18-12-10-11-17-38(39)48(63)54(6,33(4)5)60-53(66)68-8)26-27-45(61)37-23-25-41-43(31-37)58-50(56-41)46-19-14-29-62(46)51(64)47(32(2)3)59-52(65)67-7/h13,15-16,22-25,30-33,35,38-39,44-47,52,59,65H,9-12,14,17-21,26-29H2,1-8H3,(H,55,57)(H,56,58)(H,60,66)/b16-13-,34-15+/t38?,39-,44-,45-,46+,47+,52?,54?/m1/s1. The van der Waals surface area contributed by atoms with Gasteiger partial charge in [0.1, 0.15) is 17.2 Å². The summed E-state index contributed by atoms with van der Waals surface area (Å²) < 4.78 is 10.0. The molecule has 4 aliphatic rings. The zero-order valence-corrected chi connectivity index (χ0v) is 41.6. The summed E-state index contributed by atoms with van der Waals surface area (Å²) >= 11 is 0. The zero-order chi connectivity index (χ0) is 48.3. The van der Waals surface area contributed by atoms with Crippen LogP contribution in [0.5, 0.6) is 0 Å². The Morgan fingerprint density at radius 3 is 2.10 bits per heavy atom. The highest BCUT2D eigenvalue weighted by Gasteiger charge is 2.46. The number of nitrogens with one attached hydrogen (secondary N) is 4. The van der Waals surface area contributed by atoms with Gasteiger partial charge in [0, 0.05) is 44.1 Å². The van der Waals surface area contributed by atoms with Crippen molar-refractivity contribution in [2.45, 2.75) is 161 Å². The van der Waals surface area contributed by atoms with Crippen molar-refractivity contribution >= 4 is 39.9 Å². The minimum atomic E-state index is -1.23. The summed E-state index contributed by atoms with van der Waals surface area (Å²) in [6.07, 6.45) is 17.1. The number of rotatable bonds is 18. The van der Waals surface area contributed by atoms with Gasteiger partial charge in [-0.1, -0.05) is 84.2 Å². The van der Waals surface area contributed by atoms with E-state index in [1.165, 1.54) is 43.8 Å². The number of aliphatic hydroxyl groups is 1. The lowest BCUT2D eigenvalue weighted by Gasteiger charge is -2.37. The van der Waals surface area contributed by atoms with Gasteiger partial charge in [-0.3, -0.25) is 19.8 Å². The second-order valence-electron chi connectivity index (χ2n) is 20.7. The Labute approximate surface area is 402 Å². The molecule has 4 fully saturated rings. The van der Waals surface area contributed by atoms with Gasteiger partial charge in [-0.25, -0.2) is 14.8 Å². The summed E-state index contributed by atoms with van der Waals surface area (Å²) in [5.74, 6) is 1.72. The van der Waals surface area contributed by atoms with E-state index in [4.69, 9.17) is 19.4 Å². The first kappa shape index (κ1) is 49.5. The molecule has 0 bridgehead atoms. The molecule has 2 amide bonds. The van der Waals surface area contributed by atoms with Crippen molar-refractivity contribution in [2.75, 3.05) is 27.3 Å². The number of ether oxygens (including phenoxy) is 2. The fraction of sp³-hybridized carbons (Fsp3) is 0.611. The number of benzene rings is 2. The SMILES string of the molecule is CC/C=C(\C=C/CN1[C@@H](c2ccc3nc([C@@H]4CCCCCC4C(=O)C(C)(NC(=O)OC)C(C)C)[nH]c3c2)CC[C@@H]1c1ccc2nc([C@@H]3CCCN3C(=O)[C@@H](NC(O)OC)C(C)C)[nH]c2c1)C1CC1. The average Bonchev–Trinajstić information content (AvgIpc) is 3.58. The summed E-state index contributed by atoms with van der Waals surface area (Å²) in [6.45, 7) is 13.4. The molecule has 4 heterocycles. The Morgan fingerprint density at radius 1 is 0.853 bits per heavy atom. The fourth-order valence-electron chi connectivity index (χ4n) is 11.4. The minimum Gasteiger partial charge on any atom is -0.453 e. The molecule has 2 aromatic carbocycles. The number of allylic oxidation sites excluding steroid dienone is 3. The van der Waals surface area contributed by atoms with Crippen LogP contribution in [0.2, 0.25) is 0 Å². The lowest BCUT2D eigenvalue weighted by atomic mass is 9.73. The van der Waals surface area contributed by atoms with Gasteiger partial charge in [0.15, 0.2) is 5.78 Å². The molecule has 2 saturated heterocycles. The number of aromatic nitrogens is 4. The maximum absolute atomic E-state index is 14.6. The number of carbonyl (C=O) groups excluding carboxylic acids is 3. The number of H-pyrrole nitrogens is 2. The number of hydrogen-bond donors (Lipinski definition) is 5. The van der Waals surface area contributed by atoms with Crippen molar-refractivity contribution in [3.63, 3.8) is 0 Å². The molecule has 2 aliphatic carbocycles. The summed E-state index contributed by atoms with van der Waals surface area (Å²) in [7, 11) is 2.74. The van der Waals surface area contributed by atoms with Crippen molar-refractivity contribution in [1.29, 1.82) is 0 Å². The third kappa shape index (κ3) is 10.5. The number of hydrogen-bond acceptors (Lipinski definition) is 10. The monoisotopic (exact) mass is 933 g/mol. The second-order valence-corrected chi connectivity index (χ2v) is 20.7. The Hall–Kier alpha value is -4.89. The second kappa shape index (κ2) is 21.4. The number of aliphatic hydroxyl groups excluding tert-OH is 1. The molecule has 4 aromatic rings. The first-order chi connectivity index (χ1) is 32.7. The van der Waals surface area contributed by atoms with E-state index in [-0.39, 0.29) is 53.5 Å². The molecule has 8 rings (SSSR count). The van der Waals surface area contributed by atoms with Crippen LogP contribution in [-0.2, 0) is 19.1 Å². The normalized spacial score (nSPS) is 24.8. The Kier molecular flexibility index (Phi) is 15.6. The lowest BCUT2D eigenvalue weighted by Crippen LogP contribution is -2.58. The number of ketones is 1. The van der Waals surface area contributed by atoms with Gasteiger partial charge in [-0.2, -0.15) is 0 Å². The summed E-state index contributed by atoms with van der Waals surface area (Å²) in [4.78, 5) is 63.2. The number of methoxy groups -OCH3 is 2. The Morgan fingerprint density at radius 2 is 1.50 bits per heavy atom. The number of nitrogens with zero attached hydrogens (tertiary/aromatic N) is 4. The molecule has 0 radical (unpaired) electrons. The van der Waals surface area contributed by atoms with Crippen LogP contribution >= 0.6 is 0 Å². The van der Waals surface area contributed by atoms with E-state index < -0.39 is 24.1 Å². The van der Waals surface area contributed by atoms with E-state index in [9.17, 15) is 19.5 Å². The topological polar surface area (TPSA) is 178 Å². The summed E-state index contributed by atoms with van der Waals surface area (Å²) in [5.41, 5.74) is 6.56. The van der Waals surface area contributed by atoms with Gasteiger partial charge in [-0.15, -0.1) is 0 Å². The van der Waals surface area contributed by atoms with Crippen LogP contribution in [0.1, 0.15) is 165 Å². The van der Waals surface area contributed by atoms with Crippen molar-refractivity contribution in [3.8, 4) is 0 Å². The molecule has 2 saturated carbocycles. The molecule has 68 heavy (non-hydrogen) atoms. The quantitative estimate of drug-likeness (QED) is 0.0367. The third-order valence-electron chi connectivity index (χ3n) is 15.7. The number of alkyl carbamates (subject to hydrolysis) is 1. The first-order valence-corrected chi connectivity index (χ1v) is 25.5. The molecule has 2 aromatic heterocycles. The molecule has 2 aliphatic heterocycles. The number of carbonyl (C=O) groups is 3. The predicted octanol–water partition coefficient (Wildman–Crippen LogP) is 9.82. The van der Waals surface area contributed by atoms with E-state index in [1.807, 2.05) is 39.5 Å². The Bertz CT molecular complexity index is 2470. The van der Waals surface area contributed by atoms with Crippen LogP contribution in [0.4, 0.5) is 4.79 Å². The van der Waals surface area contributed by atoms with Crippen molar-refractivity contribution in [3.05, 3.63) is 83.0 Å². The van der Waals surface area contributed by atoms with Crippen LogP contribution < -0.4 is 10.6 Å². The molecule has 14 nitrogen and oxygen atoms in total. The molecule has 14 heteroatoms. The number of fused-ring (bicyclic) bond motifs is 2. The summed E-state index contributed by atoms with van der Waals surface area (Å²) in [6, 6.07) is 12.8. The van der Waals surface area contributed by atoms with Gasteiger partial charge in [0.25, 0.3) is 0 Å². The molecule has 3 unspecified atom stereocenters. The van der Waals surface area contributed by atoms with Crippen LogP contribution in [0.3, 0.4) is 0 Å². The maximum Gasteiger partial charge on any atom is 0.407 e. The molecular formula is C54H76N8O6. The predicted molar refractivity (Wildman–Crippen MR) is 265 cm³/mol. The van der Waals surface area contributed by atoms with E-state index in [0.29, 0.717) is 12.5 Å². The highest BCUT2D eigenvalue weighted by molar-refractivity contribution is 5.94. The maximum atomic E-state index is 14.6. The molecule has 5 N–H and O–H groups in total. The number of aromatic amines is 2. The van der Waals surface area contributed by atoms with Gasteiger partial charge in [0.05, 0.1) is 41.3 Å². The van der Waals surface area contributed by atoms with Crippen LogP contribution in [0.15, 0.2) is 60.2 Å². The van der Waals surface area contributed by atoms with Crippen molar-refractivity contribution in [2.24, 2.45) is 23.7 Å². The van der Waals surface area contributed by atoms with E-state index in [2.05, 4.69) is 87.1 Å². The molecule has 368 valence electrons. The first-order valence-electron chi connectivity index (χ1n) is 25.5. The number of amides is 2. The van der Waals surface area contributed by atoms with Crippen LogP contribution in [-0.4, -0.2) is 97.9 Å². The largest absolute Gasteiger partial charge is 0.453 e. The summed E-state index contributed by atoms with van der Waals surface area (Å²) in [5, 5.41) is 16.1. The number of Topliss-reactive ketones (excluding diaryl/α,β-unsaturated/α-hetero) is 1. The highest BCUT2D eigenvalue weighted by atomic mass is 16.6. The van der Waals surface area contributed by atoms with Crippen LogP contribution in [0, 0.1) is 23.7 Å². The van der Waals surface area contributed by atoms with Gasteiger partial charge in [-0.05, 0) is 123 Å². The van der Waals surface area contributed by atoms with Gasteiger partial charge >= 0.3 is 6.09 Å². The zero-order valence-electron chi connectivity index (χ0n) is 41.6. The molecule has 8 atom stereocenters.